The van der Waals surface area contributed by atoms with Crippen molar-refractivity contribution in [2.45, 2.75) is 90.4 Å². The van der Waals surface area contributed by atoms with Crippen molar-refractivity contribution in [2.75, 3.05) is 0 Å². The molecule has 0 saturated heterocycles. The van der Waals surface area contributed by atoms with Gasteiger partial charge in [-0.3, -0.25) is 4.79 Å². The maximum absolute atomic E-state index is 11.7. The largest absolute Gasteiger partial charge is 0.512 e. The summed E-state index contributed by atoms with van der Waals surface area (Å²) in [4.78, 5) is 16.6. The molecule has 0 aliphatic rings. The Labute approximate surface area is 296 Å². The van der Waals surface area contributed by atoms with E-state index in [9.17, 15) is 9.90 Å². The van der Waals surface area contributed by atoms with Gasteiger partial charge in [-0.1, -0.05) is 27.7 Å². The summed E-state index contributed by atoms with van der Waals surface area (Å²) >= 11 is 0.0284. The molecule has 46 heavy (non-hydrogen) atoms. The van der Waals surface area contributed by atoms with Crippen LogP contribution in [0.15, 0.2) is 72.6 Å². The van der Waals surface area contributed by atoms with E-state index in [1.807, 2.05) is 45.2 Å². The van der Waals surface area contributed by atoms with Crippen molar-refractivity contribution >= 4 is 65.7 Å². The summed E-state index contributed by atoms with van der Waals surface area (Å²) in [6.45, 7) is 12.6. The van der Waals surface area contributed by atoms with Crippen LogP contribution in [0.4, 0.5) is 0 Å². The first-order valence-corrected chi connectivity index (χ1v) is 24.8. The van der Waals surface area contributed by atoms with E-state index >= 15 is 0 Å². The van der Waals surface area contributed by atoms with Gasteiger partial charge in [0.25, 0.3) is 0 Å². The smallest absolute Gasteiger partial charge is 0.162 e. The Bertz CT molecular complexity index is 1810. The molecule has 1 N–H and O–H groups in total. The summed E-state index contributed by atoms with van der Waals surface area (Å²) in [5.74, 6) is 8.37. The summed E-state index contributed by atoms with van der Waals surface area (Å²) < 4.78 is 4.24. The predicted octanol–water partition coefficient (Wildman–Crippen LogP) is 11.6. The second-order valence-corrected chi connectivity index (χ2v) is 25.2. The number of thiophene rings is 1. The molecule has 0 aliphatic carbocycles. The van der Waals surface area contributed by atoms with Crippen molar-refractivity contribution in [1.82, 2.24) is 4.98 Å². The minimum absolute atomic E-state index is 0. The number of allylic oxidation sites excluding steroid dienone is 2. The van der Waals surface area contributed by atoms with Gasteiger partial charge in [0, 0.05) is 38.0 Å². The topological polar surface area (TPSA) is 50.2 Å². The summed E-state index contributed by atoms with van der Waals surface area (Å²) in [7, 11) is 0. The van der Waals surface area contributed by atoms with Crippen LogP contribution in [0.1, 0.15) is 78.7 Å². The van der Waals surface area contributed by atoms with E-state index in [1.54, 1.807) is 4.40 Å². The molecule has 3 nitrogen and oxygen atoms in total. The fourth-order valence-corrected chi connectivity index (χ4v) is 9.83. The number of hydrogen-bond acceptors (Lipinski definition) is 4. The summed E-state index contributed by atoms with van der Waals surface area (Å²) in [6.07, 6.45) is 6.86. The summed E-state index contributed by atoms with van der Waals surface area (Å²) in [5, 5.41) is 14.8. The van der Waals surface area contributed by atoms with Gasteiger partial charge >= 0.3 is 186 Å². The van der Waals surface area contributed by atoms with E-state index in [4.69, 9.17) is 4.98 Å². The van der Waals surface area contributed by atoms with E-state index in [-0.39, 0.29) is 43.5 Å². The Morgan fingerprint density at radius 2 is 1.54 bits per heavy atom. The molecule has 2 heterocycles. The van der Waals surface area contributed by atoms with Gasteiger partial charge in [0.15, 0.2) is 5.78 Å². The SMILES string of the molecule is CC(C)c1cc(-c2nccc3sc4c[c]([Ge]([CH3])([CH3])[CH3])ccc4c23)[c-]c2ccccc12.CCC(CC)C(=O)/C=C(\O)C(CC)CC.[Ir]. The van der Waals surface area contributed by atoms with Crippen LogP contribution in [0.25, 0.3) is 42.2 Å². The molecule has 0 spiro atoms. The zero-order valence-electron chi connectivity index (χ0n) is 29.0. The van der Waals surface area contributed by atoms with Gasteiger partial charge in [0.05, 0.1) is 5.76 Å². The van der Waals surface area contributed by atoms with Crippen molar-refractivity contribution in [1.29, 1.82) is 0 Å². The van der Waals surface area contributed by atoms with E-state index < -0.39 is 13.3 Å². The number of pyridine rings is 1. The molecule has 5 aromatic rings. The van der Waals surface area contributed by atoms with E-state index in [1.165, 1.54) is 42.6 Å². The number of nitrogens with zero attached hydrogens (tertiary/aromatic N) is 1. The van der Waals surface area contributed by atoms with Crippen molar-refractivity contribution in [3.05, 3.63) is 84.3 Å². The van der Waals surface area contributed by atoms with Crippen molar-refractivity contribution in [2.24, 2.45) is 11.8 Å². The van der Waals surface area contributed by atoms with Crippen LogP contribution in [0, 0.1) is 17.9 Å². The van der Waals surface area contributed by atoms with E-state index in [2.05, 4.69) is 91.8 Å². The summed E-state index contributed by atoms with van der Waals surface area (Å²) in [6, 6.07) is 23.8. The number of ketones is 1. The van der Waals surface area contributed by atoms with Gasteiger partial charge in [0.2, 0.25) is 0 Å². The monoisotopic (exact) mass is 875 g/mol. The Hall–Kier alpha value is -2.31. The maximum Gasteiger partial charge on any atom is 0.162 e. The molecule has 247 valence electrons. The van der Waals surface area contributed by atoms with Gasteiger partial charge in [-0.05, 0) is 25.7 Å². The Balaban J connectivity index is 0.000000309. The maximum atomic E-state index is 11.7. The van der Waals surface area contributed by atoms with Gasteiger partial charge < -0.3 is 5.11 Å². The molecular formula is C40H50GeIrNO2S-. The second-order valence-electron chi connectivity index (χ2n) is 13.4. The molecule has 1 radical (unpaired) electrons. The quantitative estimate of drug-likeness (QED) is 0.0658. The average molecular weight is 874 g/mol. The van der Waals surface area contributed by atoms with Crippen LogP contribution in [0.3, 0.4) is 0 Å². The molecule has 6 heteroatoms. The van der Waals surface area contributed by atoms with Gasteiger partial charge in [0.1, 0.15) is 0 Å². The Morgan fingerprint density at radius 1 is 0.891 bits per heavy atom. The van der Waals surface area contributed by atoms with Crippen LogP contribution in [-0.4, -0.2) is 29.1 Å². The minimum atomic E-state index is -1.86. The number of hydrogen-bond donors (Lipinski definition) is 1. The van der Waals surface area contributed by atoms with Gasteiger partial charge in [-0.25, -0.2) is 0 Å². The van der Waals surface area contributed by atoms with Crippen LogP contribution in [0.5, 0.6) is 0 Å². The van der Waals surface area contributed by atoms with Gasteiger partial charge in [-0.2, -0.15) is 0 Å². The van der Waals surface area contributed by atoms with Gasteiger partial charge in [-0.15, -0.1) is 0 Å². The molecule has 2 aromatic heterocycles. The van der Waals surface area contributed by atoms with Crippen molar-refractivity contribution in [3.8, 4) is 11.3 Å². The number of carbonyl (C=O) groups is 1. The zero-order chi connectivity index (χ0) is 32.9. The first-order chi connectivity index (χ1) is 21.4. The van der Waals surface area contributed by atoms with Crippen LogP contribution in [0.2, 0.25) is 17.3 Å². The molecule has 3 aromatic carbocycles. The van der Waals surface area contributed by atoms with Crippen molar-refractivity contribution < 1.29 is 30.0 Å². The molecule has 0 amide bonds. The third-order valence-electron chi connectivity index (χ3n) is 9.02. The number of carbonyl (C=O) groups excluding carboxylic acids is 1. The normalized spacial score (nSPS) is 12.2. The number of aliphatic hydroxyl groups excluding tert-OH is 1. The molecule has 0 unspecified atom stereocenters. The third kappa shape index (κ3) is 8.58. The number of rotatable bonds is 10. The predicted molar refractivity (Wildman–Crippen MR) is 200 cm³/mol. The first kappa shape index (κ1) is 38.1. The summed E-state index contributed by atoms with van der Waals surface area (Å²) in [5.41, 5.74) is 3.51. The number of benzene rings is 3. The molecule has 5 rings (SSSR count). The second kappa shape index (κ2) is 16.7. The van der Waals surface area contributed by atoms with E-state index in [0.717, 1.165) is 36.9 Å². The number of aromatic nitrogens is 1. The Morgan fingerprint density at radius 3 is 2.15 bits per heavy atom. The molecule has 0 aliphatic heterocycles. The number of fused-ring (bicyclic) bond motifs is 4. The molecule has 0 fully saturated rings. The van der Waals surface area contributed by atoms with Crippen LogP contribution in [-0.2, 0) is 24.9 Å². The first-order valence-electron chi connectivity index (χ1n) is 16.6. The molecule has 0 bridgehead atoms. The minimum Gasteiger partial charge on any atom is -0.512 e. The van der Waals surface area contributed by atoms with Crippen molar-refractivity contribution in [3.63, 3.8) is 0 Å². The molecule has 0 atom stereocenters. The number of aliphatic hydroxyl groups is 1. The molecule has 0 saturated carbocycles. The standard InChI is InChI=1S/C27H26GeNS.C13H24O2.Ir/c1-17(2)23-15-19(14-18-8-6-7-9-21(18)23)27-26-22-11-10-20(28(3,4)5)16-25(22)30-24(26)12-13-29-27;1-5-10(6-2)12(14)9-13(15)11(7-3)8-4;/h6-13,15-17H,1-5H3;9-11,14H,5-8H2,1-4H3;/q-1;;/b;12-9-;. The van der Waals surface area contributed by atoms with E-state index in [0.29, 0.717) is 5.92 Å². The fourth-order valence-electron chi connectivity index (χ4n) is 6.03. The average Bonchev–Trinajstić information content (AvgIpc) is 3.40. The van der Waals surface area contributed by atoms with Crippen LogP contribution >= 0.6 is 11.3 Å². The van der Waals surface area contributed by atoms with Crippen LogP contribution < -0.4 is 4.40 Å². The zero-order valence-corrected chi connectivity index (χ0v) is 34.3. The molecular weight excluding hydrogens is 823 g/mol. The fraction of sp³-hybridized carbons (Fsp3) is 0.400. The third-order valence-corrected chi connectivity index (χ3v) is 14.4. The Kier molecular flexibility index (Phi) is 13.8.